The molecule has 2 aromatic carbocycles. The molecule has 3 nitrogen and oxygen atoms in total. The first-order valence-corrected chi connectivity index (χ1v) is 8.07. The molecule has 128 valence electrons. The number of esters is 1. The van der Waals surface area contributed by atoms with Gasteiger partial charge in [-0.05, 0) is 44.5 Å². The topological polar surface area (TPSA) is 52.3 Å². The van der Waals surface area contributed by atoms with E-state index in [1.165, 1.54) is 6.07 Å². The molecule has 0 spiro atoms. The predicted molar refractivity (Wildman–Crippen MR) is 94.1 cm³/mol. The number of ether oxygens (including phenoxy) is 1. The third-order valence-corrected chi connectivity index (χ3v) is 3.68. The van der Waals surface area contributed by atoms with E-state index in [4.69, 9.17) is 10.5 Å². The van der Waals surface area contributed by atoms with Crippen LogP contribution in [0.1, 0.15) is 38.7 Å². The Morgan fingerprint density at radius 3 is 2.29 bits per heavy atom. The van der Waals surface area contributed by atoms with Gasteiger partial charge in [0.25, 0.3) is 0 Å². The van der Waals surface area contributed by atoms with E-state index >= 15 is 0 Å². The molecule has 4 heteroatoms. The van der Waals surface area contributed by atoms with E-state index in [-0.39, 0.29) is 24.1 Å². The summed E-state index contributed by atoms with van der Waals surface area (Å²) in [4.78, 5) is 12.0. The van der Waals surface area contributed by atoms with Crippen LogP contribution < -0.4 is 5.73 Å². The molecule has 1 unspecified atom stereocenters. The summed E-state index contributed by atoms with van der Waals surface area (Å²) in [5, 5.41) is 0. The van der Waals surface area contributed by atoms with Crippen LogP contribution in [0.25, 0.3) is 11.1 Å². The number of carbonyl (C=O) groups is 1. The van der Waals surface area contributed by atoms with Gasteiger partial charge in [-0.25, -0.2) is 4.39 Å². The van der Waals surface area contributed by atoms with Crippen molar-refractivity contribution in [1.82, 2.24) is 0 Å². The molecule has 2 rings (SSSR count). The van der Waals surface area contributed by atoms with E-state index in [1.54, 1.807) is 18.2 Å². The number of nitrogens with two attached hydrogens (primary N) is 1. The highest BCUT2D eigenvalue weighted by Gasteiger charge is 2.21. The zero-order valence-corrected chi connectivity index (χ0v) is 14.4. The molecular formula is C20H24FNO2. The second kappa shape index (κ2) is 7.58. The molecule has 0 heterocycles. The van der Waals surface area contributed by atoms with Gasteiger partial charge >= 0.3 is 5.97 Å². The van der Waals surface area contributed by atoms with Crippen LogP contribution in [0, 0.1) is 5.82 Å². The average molecular weight is 329 g/mol. The van der Waals surface area contributed by atoms with Crippen LogP contribution in [0.15, 0.2) is 48.5 Å². The van der Waals surface area contributed by atoms with Crippen LogP contribution in [0.3, 0.4) is 0 Å². The van der Waals surface area contributed by atoms with Crippen molar-refractivity contribution in [2.24, 2.45) is 5.73 Å². The van der Waals surface area contributed by atoms with Gasteiger partial charge in [0, 0.05) is 11.5 Å². The van der Waals surface area contributed by atoms with Gasteiger partial charge in [-0.3, -0.25) is 4.79 Å². The minimum atomic E-state index is -0.509. The molecular weight excluding hydrogens is 305 g/mol. The van der Waals surface area contributed by atoms with E-state index in [9.17, 15) is 9.18 Å². The Bertz CT molecular complexity index is 690. The molecule has 2 aromatic rings. The highest BCUT2D eigenvalue weighted by molar-refractivity contribution is 5.71. The standard InChI is InChI=1S/C20H24FNO2/c1-20(2,3)24-19(23)12-16(13-22)14-8-10-15(11-9-14)17-6-4-5-7-18(17)21/h4-11,16H,12-13,22H2,1-3H3. The second-order valence-corrected chi connectivity index (χ2v) is 6.83. The smallest absolute Gasteiger partial charge is 0.306 e. The van der Waals surface area contributed by atoms with E-state index in [1.807, 2.05) is 45.0 Å². The van der Waals surface area contributed by atoms with Gasteiger partial charge in [-0.2, -0.15) is 0 Å². The van der Waals surface area contributed by atoms with Crippen LogP contribution in [-0.4, -0.2) is 18.1 Å². The molecule has 0 saturated carbocycles. The van der Waals surface area contributed by atoms with Crippen LogP contribution in [0.4, 0.5) is 4.39 Å². The third-order valence-electron chi connectivity index (χ3n) is 3.68. The van der Waals surface area contributed by atoms with E-state index in [0.29, 0.717) is 12.1 Å². The summed E-state index contributed by atoms with van der Waals surface area (Å²) in [6.45, 7) is 5.86. The Hall–Kier alpha value is -2.20. The van der Waals surface area contributed by atoms with Crippen LogP contribution in [0.5, 0.6) is 0 Å². The summed E-state index contributed by atoms with van der Waals surface area (Å²) >= 11 is 0. The van der Waals surface area contributed by atoms with Crippen molar-refractivity contribution in [1.29, 1.82) is 0 Å². The van der Waals surface area contributed by atoms with Crippen molar-refractivity contribution in [3.63, 3.8) is 0 Å². The SMILES string of the molecule is CC(C)(C)OC(=O)CC(CN)c1ccc(-c2ccccc2F)cc1. The van der Waals surface area contributed by atoms with Crippen molar-refractivity contribution in [2.75, 3.05) is 6.54 Å². The van der Waals surface area contributed by atoms with Crippen molar-refractivity contribution in [3.05, 3.63) is 59.9 Å². The fourth-order valence-electron chi connectivity index (χ4n) is 2.55. The first-order chi connectivity index (χ1) is 11.3. The fraction of sp³-hybridized carbons (Fsp3) is 0.350. The van der Waals surface area contributed by atoms with Crippen LogP contribution in [-0.2, 0) is 9.53 Å². The molecule has 0 bridgehead atoms. The maximum Gasteiger partial charge on any atom is 0.306 e. The minimum absolute atomic E-state index is 0.116. The van der Waals surface area contributed by atoms with Crippen molar-refractivity contribution < 1.29 is 13.9 Å². The first kappa shape index (κ1) is 18.1. The van der Waals surface area contributed by atoms with Gasteiger partial charge < -0.3 is 10.5 Å². The quantitative estimate of drug-likeness (QED) is 0.834. The number of hydrogen-bond donors (Lipinski definition) is 1. The predicted octanol–water partition coefficient (Wildman–Crippen LogP) is 4.27. The van der Waals surface area contributed by atoms with Gasteiger partial charge in [0.1, 0.15) is 11.4 Å². The van der Waals surface area contributed by atoms with Gasteiger partial charge in [0.2, 0.25) is 0 Å². The van der Waals surface area contributed by atoms with Gasteiger partial charge in [-0.15, -0.1) is 0 Å². The molecule has 0 amide bonds. The van der Waals surface area contributed by atoms with E-state index in [2.05, 4.69) is 0 Å². The molecule has 0 radical (unpaired) electrons. The molecule has 0 aromatic heterocycles. The molecule has 0 saturated heterocycles. The largest absolute Gasteiger partial charge is 0.460 e. The molecule has 2 N–H and O–H groups in total. The Morgan fingerprint density at radius 2 is 1.75 bits per heavy atom. The maximum atomic E-state index is 13.8. The maximum absolute atomic E-state index is 13.8. The van der Waals surface area contributed by atoms with E-state index in [0.717, 1.165) is 11.1 Å². The highest BCUT2D eigenvalue weighted by atomic mass is 19.1. The highest BCUT2D eigenvalue weighted by Crippen LogP contribution is 2.26. The Kier molecular flexibility index (Phi) is 5.73. The van der Waals surface area contributed by atoms with E-state index < -0.39 is 5.60 Å². The fourth-order valence-corrected chi connectivity index (χ4v) is 2.55. The number of rotatable bonds is 5. The molecule has 1 atom stereocenters. The number of benzene rings is 2. The average Bonchev–Trinajstić information content (AvgIpc) is 2.52. The Morgan fingerprint density at radius 1 is 1.12 bits per heavy atom. The minimum Gasteiger partial charge on any atom is -0.460 e. The summed E-state index contributed by atoms with van der Waals surface area (Å²) in [6.07, 6.45) is 0.229. The lowest BCUT2D eigenvalue weighted by Crippen LogP contribution is -2.26. The molecule has 24 heavy (non-hydrogen) atoms. The summed E-state index contributed by atoms with van der Waals surface area (Å²) in [5.41, 5.74) is 7.61. The lowest BCUT2D eigenvalue weighted by molar-refractivity contribution is -0.155. The zero-order chi connectivity index (χ0) is 17.7. The normalized spacial score (nSPS) is 12.7. The second-order valence-electron chi connectivity index (χ2n) is 6.83. The zero-order valence-electron chi connectivity index (χ0n) is 14.4. The summed E-state index contributed by atoms with van der Waals surface area (Å²) in [7, 11) is 0. The monoisotopic (exact) mass is 329 g/mol. The van der Waals surface area contributed by atoms with Crippen LogP contribution in [0.2, 0.25) is 0 Å². The number of carbonyl (C=O) groups excluding carboxylic acids is 1. The molecule has 0 fully saturated rings. The van der Waals surface area contributed by atoms with Crippen molar-refractivity contribution >= 4 is 5.97 Å². The first-order valence-electron chi connectivity index (χ1n) is 8.07. The number of halogens is 1. The van der Waals surface area contributed by atoms with Gasteiger partial charge in [-0.1, -0.05) is 42.5 Å². The molecule has 0 aliphatic rings. The van der Waals surface area contributed by atoms with Crippen molar-refractivity contribution in [3.8, 4) is 11.1 Å². The number of hydrogen-bond acceptors (Lipinski definition) is 3. The van der Waals surface area contributed by atoms with Crippen LogP contribution >= 0.6 is 0 Å². The lowest BCUT2D eigenvalue weighted by Gasteiger charge is -2.22. The lowest BCUT2D eigenvalue weighted by atomic mass is 9.93. The third kappa shape index (κ3) is 4.90. The summed E-state index contributed by atoms with van der Waals surface area (Å²) in [5.74, 6) is -0.639. The molecule has 0 aliphatic carbocycles. The summed E-state index contributed by atoms with van der Waals surface area (Å²) in [6, 6.07) is 14.1. The Balaban J connectivity index is 2.13. The van der Waals surface area contributed by atoms with Gasteiger partial charge in [0.05, 0.1) is 6.42 Å². The summed E-state index contributed by atoms with van der Waals surface area (Å²) < 4.78 is 19.2. The van der Waals surface area contributed by atoms with Crippen molar-refractivity contribution in [2.45, 2.75) is 38.7 Å². The van der Waals surface area contributed by atoms with Gasteiger partial charge in [0.15, 0.2) is 0 Å². The molecule has 0 aliphatic heterocycles. The Labute approximate surface area is 142 Å².